The number of hydrogen-bond donors (Lipinski definition) is 1. The SMILES string of the molecule is CCNC(CCN(C)CC(C)(C)C)c1ccc(C)c(F)c1. The fraction of sp³-hybridized carbons (Fsp3) is 0.667. The van der Waals surface area contributed by atoms with Crippen LogP contribution in [0.3, 0.4) is 0 Å². The second kappa shape index (κ2) is 7.90. The van der Waals surface area contributed by atoms with E-state index in [0.717, 1.165) is 31.6 Å². The third kappa shape index (κ3) is 6.58. The summed E-state index contributed by atoms with van der Waals surface area (Å²) in [5.41, 5.74) is 2.06. The number of rotatable bonds is 7. The van der Waals surface area contributed by atoms with E-state index in [0.29, 0.717) is 11.0 Å². The van der Waals surface area contributed by atoms with Crippen molar-refractivity contribution >= 4 is 0 Å². The first-order chi connectivity index (χ1) is 9.73. The Bertz CT molecular complexity index is 437. The van der Waals surface area contributed by atoms with Crippen LogP contribution >= 0.6 is 0 Å². The van der Waals surface area contributed by atoms with E-state index in [-0.39, 0.29) is 11.9 Å². The van der Waals surface area contributed by atoms with Crippen LogP contribution < -0.4 is 5.32 Å². The van der Waals surface area contributed by atoms with E-state index in [1.807, 2.05) is 12.1 Å². The van der Waals surface area contributed by atoms with E-state index < -0.39 is 0 Å². The highest BCUT2D eigenvalue weighted by atomic mass is 19.1. The Labute approximate surface area is 129 Å². The lowest BCUT2D eigenvalue weighted by atomic mass is 9.96. The number of aryl methyl sites for hydroxylation is 1. The van der Waals surface area contributed by atoms with Crippen LogP contribution in [0.25, 0.3) is 0 Å². The minimum Gasteiger partial charge on any atom is -0.310 e. The third-order valence-electron chi connectivity index (χ3n) is 3.59. The van der Waals surface area contributed by atoms with Gasteiger partial charge in [0, 0.05) is 12.6 Å². The smallest absolute Gasteiger partial charge is 0.126 e. The van der Waals surface area contributed by atoms with Gasteiger partial charge in [-0.05, 0) is 56.1 Å². The van der Waals surface area contributed by atoms with Gasteiger partial charge < -0.3 is 10.2 Å². The van der Waals surface area contributed by atoms with Gasteiger partial charge in [-0.1, -0.05) is 39.8 Å². The summed E-state index contributed by atoms with van der Waals surface area (Å²) in [5.74, 6) is -0.113. The Kier molecular flexibility index (Phi) is 6.82. The standard InChI is InChI=1S/C18H31FN2/c1-7-20-17(10-11-21(6)13-18(3,4)5)15-9-8-14(2)16(19)12-15/h8-9,12,17,20H,7,10-11,13H2,1-6H3. The molecule has 0 aliphatic carbocycles. The molecule has 0 aliphatic heterocycles. The van der Waals surface area contributed by atoms with Gasteiger partial charge in [0.25, 0.3) is 0 Å². The molecule has 0 spiro atoms. The van der Waals surface area contributed by atoms with Crippen LogP contribution in [0, 0.1) is 18.2 Å². The zero-order valence-corrected chi connectivity index (χ0v) is 14.5. The molecule has 2 nitrogen and oxygen atoms in total. The van der Waals surface area contributed by atoms with Gasteiger partial charge in [-0.2, -0.15) is 0 Å². The molecule has 120 valence electrons. The normalized spacial score (nSPS) is 13.7. The first kappa shape index (κ1) is 18.1. The molecular formula is C18H31FN2. The molecule has 0 radical (unpaired) electrons. The van der Waals surface area contributed by atoms with Gasteiger partial charge in [0.05, 0.1) is 0 Å². The van der Waals surface area contributed by atoms with Crippen LogP contribution in [0.2, 0.25) is 0 Å². The minimum atomic E-state index is -0.113. The summed E-state index contributed by atoms with van der Waals surface area (Å²) in [5, 5.41) is 3.47. The molecule has 0 saturated carbocycles. The highest BCUT2D eigenvalue weighted by Crippen LogP contribution is 2.21. The van der Waals surface area contributed by atoms with E-state index >= 15 is 0 Å². The molecule has 0 fully saturated rings. The first-order valence-electron chi connectivity index (χ1n) is 7.91. The van der Waals surface area contributed by atoms with Crippen molar-refractivity contribution in [1.82, 2.24) is 10.2 Å². The van der Waals surface area contributed by atoms with E-state index in [9.17, 15) is 4.39 Å². The molecule has 0 bridgehead atoms. The molecule has 0 aromatic heterocycles. The second-order valence-electron chi connectivity index (χ2n) is 7.21. The van der Waals surface area contributed by atoms with Crippen molar-refractivity contribution in [2.24, 2.45) is 5.41 Å². The maximum absolute atomic E-state index is 13.8. The Balaban J connectivity index is 2.67. The van der Waals surface area contributed by atoms with Gasteiger partial charge in [0.15, 0.2) is 0 Å². The van der Waals surface area contributed by atoms with Gasteiger partial charge in [-0.25, -0.2) is 4.39 Å². The van der Waals surface area contributed by atoms with Crippen LogP contribution in [0.15, 0.2) is 18.2 Å². The van der Waals surface area contributed by atoms with Crippen molar-refractivity contribution in [2.75, 3.05) is 26.7 Å². The Morgan fingerprint density at radius 3 is 2.48 bits per heavy atom. The minimum absolute atomic E-state index is 0.113. The summed E-state index contributed by atoms with van der Waals surface area (Å²) < 4.78 is 13.8. The molecule has 0 heterocycles. The quantitative estimate of drug-likeness (QED) is 0.812. The number of nitrogens with zero attached hydrogens (tertiary/aromatic N) is 1. The summed E-state index contributed by atoms with van der Waals surface area (Å²) >= 11 is 0. The summed E-state index contributed by atoms with van der Waals surface area (Å²) in [4.78, 5) is 2.36. The third-order valence-corrected chi connectivity index (χ3v) is 3.59. The molecule has 1 atom stereocenters. The molecule has 1 aromatic rings. The molecule has 3 heteroatoms. The fourth-order valence-corrected chi connectivity index (χ4v) is 2.70. The largest absolute Gasteiger partial charge is 0.310 e. The summed E-state index contributed by atoms with van der Waals surface area (Å²) in [6, 6.07) is 5.79. The number of halogens is 1. The Morgan fingerprint density at radius 2 is 1.95 bits per heavy atom. The average Bonchev–Trinajstić information content (AvgIpc) is 2.36. The number of benzene rings is 1. The zero-order valence-electron chi connectivity index (χ0n) is 14.5. The van der Waals surface area contributed by atoms with Crippen molar-refractivity contribution in [1.29, 1.82) is 0 Å². The molecule has 0 saturated heterocycles. The van der Waals surface area contributed by atoms with E-state index in [1.165, 1.54) is 0 Å². The lowest BCUT2D eigenvalue weighted by molar-refractivity contribution is 0.217. The zero-order chi connectivity index (χ0) is 16.0. The van der Waals surface area contributed by atoms with Crippen LogP contribution in [-0.4, -0.2) is 31.6 Å². The van der Waals surface area contributed by atoms with Crippen molar-refractivity contribution in [3.63, 3.8) is 0 Å². The van der Waals surface area contributed by atoms with Crippen molar-refractivity contribution in [2.45, 2.75) is 47.1 Å². The Morgan fingerprint density at radius 1 is 1.29 bits per heavy atom. The van der Waals surface area contributed by atoms with Crippen LogP contribution in [0.5, 0.6) is 0 Å². The van der Waals surface area contributed by atoms with Gasteiger partial charge in [-0.15, -0.1) is 0 Å². The number of nitrogens with one attached hydrogen (secondary N) is 1. The number of hydrogen-bond acceptors (Lipinski definition) is 2. The van der Waals surface area contributed by atoms with E-state index in [4.69, 9.17) is 0 Å². The molecule has 1 aromatic carbocycles. The van der Waals surface area contributed by atoms with Crippen LogP contribution in [0.1, 0.15) is 51.3 Å². The van der Waals surface area contributed by atoms with E-state index in [1.54, 1.807) is 13.0 Å². The summed E-state index contributed by atoms with van der Waals surface area (Å²) in [6.45, 7) is 13.6. The summed E-state index contributed by atoms with van der Waals surface area (Å²) in [6.07, 6.45) is 0.989. The van der Waals surface area contributed by atoms with Crippen molar-refractivity contribution in [3.8, 4) is 0 Å². The predicted molar refractivity (Wildman–Crippen MR) is 89.1 cm³/mol. The van der Waals surface area contributed by atoms with Crippen LogP contribution in [-0.2, 0) is 0 Å². The molecule has 0 amide bonds. The maximum Gasteiger partial charge on any atom is 0.126 e. The molecule has 1 unspecified atom stereocenters. The second-order valence-corrected chi connectivity index (χ2v) is 7.21. The monoisotopic (exact) mass is 294 g/mol. The van der Waals surface area contributed by atoms with Gasteiger partial charge in [0.2, 0.25) is 0 Å². The molecular weight excluding hydrogens is 263 g/mol. The molecule has 21 heavy (non-hydrogen) atoms. The Hall–Kier alpha value is -0.930. The lowest BCUT2D eigenvalue weighted by Gasteiger charge is -2.28. The van der Waals surface area contributed by atoms with Gasteiger partial charge in [-0.3, -0.25) is 0 Å². The topological polar surface area (TPSA) is 15.3 Å². The fourth-order valence-electron chi connectivity index (χ4n) is 2.70. The first-order valence-corrected chi connectivity index (χ1v) is 7.91. The maximum atomic E-state index is 13.8. The van der Waals surface area contributed by atoms with E-state index in [2.05, 4.69) is 45.0 Å². The summed E-state index contributed by atoms with van der Waals surface area (Å²) in [7, 11) is 2.16. The van der Waals surface area contributed by atoms with Crippen molar-refractivity contribution < 1.29 is 4.39 Å². The molecule has 0 aliphatic rings. The highest BCUT2D eigenvalue weighted by molar-refractivity contribution is 5.25. The molecule has 1 N–H and O–H groups in total. The van der Waals surface area contributed by atoms with Gasteiger partial charge >= 0.3 is 0 Å². The predicted octanol–water partition coefficient (Wildman–Crippen LogP) is 4.15. The van der Waals surface area contributed by atoms with Crippen molar-refractivity contribution in [3.05, 3.63) is 35.1 Å². The molecule has 1 rings (SSSR count). The highest BCUT2D eigenvalue weighted by Gasteiger charge is 2.16. The van der Waals surface area contributed by atoms with Gasteiger partial charge in [0.1, 0.15) is 5.82 Å². The van der Waals surface area contributed by atoms with Crippen LogP contribution in [0.4, 0.5) is 4.39 Å². The average molecular weight is 294 g/mol. The lowest BCUT2D eigenvalue weighted by Crippen LogP contribution is -2.32.